The Morgan fingerprint density at radius 1 is 1.22 bits per heavy atom. The van der Waals surface area contributed by atoms with Crippen molar-refractivity contribution in [2.45, 2.75) is 44.6 Å². The highest BCUT2D eigenvalue weighted by Crippen LogP contribution is 2.35. The molecule has 1 saturated carbocycles. The van der Waals surface area contributed by atoms with Gasteiger partial charge < -0.3 is 4.90 Å². The number of allylic oxidation sites excluding steroid dienone is 2. The lowest BCUT2D eigenvalue weighted by Gasteiger charge is -2.29. The number of amides is 3. The highest BCUT2D eigenvalue weighted by atomic mass is 16.6. The minimum atomic E-state index is -0.774. The van der Waals surface area contributed by atoms with Crippen molar-refractivity contribution in [2.75, 3.05) is 6.54 Å². The van der Waals surface area contributed by atoms with Crippen LogP contribution in [0.4, 0.5) is 5.69 Å². The number of nitrogens with zero attached hydrogens (tertiary/aromatic N) is 3. The van der Waals surface area contributed by atoms with E-state index in [1.54, 1.807) is 4.90 Å². The van der Waals surface area contributed by atoms with Gasteiger partial charge in [-0.15, -0.1) is 0 Å². The van der Waals surface area contributed by atoms with Crippen LogP contribution in [0.1, 0.15) is 59.2 Å². The highest BCUT2D eigenvalue weighted by molar-refractivity contribution is 6.24. The molecule has 3 amide bonds. The molecule has 2 aliphatic carbocycles. The van der Waals surface area contributed by atoms with E-state index in [2.05, 4.69) is 6.08 Å². The number of hydrogen-bond acceptors (Lipinski definition) is 5. The van der Waals surface area contributed by atoms with Crippen molar-refractivity contribution in [3.63, 3.8) is 0 Å². The summed E-state index contributed by atoms with van der Waals surface area (Å²) in [6.07, 6.45) is 7.74. The Hall–Kier alpha value is -3.03. The third-order valence-electron chi connectivity index (χ3n) is 5.22. The van der Waals surface area contributed by atoms with Gasteiger partial charge in [0, 0.05) is 17.8 Å². The summed E-state index contributed by atoms with van der Waals surface area (Å²) < 4.78 is 0. The van der Waals surface area contributed by atoms with Crippen molar-refractivity contribution in [3.05, 3.63) is 51.2 Å². The Bertz CT molecular complexity index is 887. The third kappa shape index (κ3) is 3.01. The Balaban J connectivity index is 1.59. The van der Waals surface area contributed by atoms with Crippen LogP contribution in [0.2, 0.25) is 0 Å². The monoisotopic (exact) mass is 369 g/mol. The zero-order valence-corrected chi connectivity index (χ0v) is 14.7. The van der Waals surface area contributed by atoms with Gasteiger partial charge in [0.05, 0.1) is 10.5 Å². The van der Waals surface area contributed by atoms with Crippen LogP contribution in [0, 0.1) is 10.1 Å². The fraction of sp³-hybridized carbons (Fsp3) is 0.421. The first kappa shape index (κ1) is 17.4. The molecule has 3 aliphatic rings. The van der Waals surface area contributed by atoms with E-state index in [0.717, 1.165) is 49.1 Å². The maximum absolute atomic E-state index is 12.9. The molecule has 0 saturated heterocycles. The molecule has 8 nitrogen and oxygen atoms in total. The van der Waals surface area contributed by atoms with Crippen molar-refractivity contribution >= 4 is 23.4 Å². The summed E-state index contributed by atoms with van der Waals surface area (Å²) in [4.78, 5) is 51.3. The Morgan fingerprint density at radius 2 is 2.00 bits per heavy atom. The summed E-state index contributed by atoms with van der Waals surface area (Å²) >= 11 is 0. The van der Waals surface area contributed by atoms with Crippen molar-refractivity contribution in [3.8, 4) is 0 Å². The first-order valence-electron chi connectivity index (χ1n) is 9.13. The molecule has 4 rings (SSSR count). The largest absolute Gasteiger partial charge is 0.312 e. The van der Waals surface area contributed by atoms with Gasteiger partial charge in [-0.2, -0.15) is 0 Å². The molecule has 8 heteroatoms. The molecule has 1 aliphatic heterocycles. The number of carbonyl (C=O) groups is 3. The van der Waals surface area contributed by atoms with E-state index in [-0.39, 0.29) is 23.1 Å². The zero-order valence-electron chi connectivity index (χ0n) is 14.7. The average Bonchev–Trinajstić information content (AvgIpc) is 3.46. The normalized spacial score (nSPS) is 19.0. The summed E-state index contributed by atoms with van der Waals surface area (Å²) in [5, 5.41) is 11.2. The van der Waals surface area contributed by atoms with Crippen LogP contribution in [0.25, 0.3) is 0 Å². The van der Waals surface area contributed by atoms with Gasteiger partial charge >= 0.3 is 0 Å². The standard InChI is InChI=1S/C19H19N3O5/c23-16(21(13-9-10-13)12-5-2-1-3-6-12)11-20-18(24)14-7-4-8-15(22(26)27)17(14)19(20)25/h4-5,7-8,13H,1-3,6,9-11H2. The molecule has 0 aromatic heterocycles. The second-order valence-electron chi connectivity index (χ2n) is 7.09. The number of rotatable bonds is 5. The van der Waals surface area contributed by atoms with Crippen molar-refractivity contribution < 1.29 is 19.3 Å². The maximum Gasteiger partial charge on any atom is 0.282 e. The predicted molar refractivity (Wildman–Crippen MR) is 94.9 cm³/mol. The lowest BCUT2D eigenvalue weighted by Crippen LogP contribution is -2.43. The van der Waals surface area contributed by atoms with Crippen molar-refractivity contribution in [1.29, 1.82) is 0 Å². The number of carbonyl (C=O) groups excluding carboxylic acids is 3. The molecule has 140 valence electrons. The van der Waals surface area contributed by atoms with Crippen LogP contribution in [-0.2, 0) is 4.79 Å². The molecule has 0 radical (unpaired) electrons. The number of fused-ring (bicyclic) bond motifs is 1. The van der Waals surface area contributed by atoms with Crippen molar-refractivity contribution in [1.82, 2.24) is 9.80 Å². The molecule has 27 heavy (non-hydrogen) atoms. The Kier molecular flexibility index (Phi) is 4.25. The molecule has 1 aromatic rings. The average molecular weight is 369 g/mol. The van der Waals surface area contributed by atoms with E-state index >= 15 is 0 Å². The number of nitro benzene ring substituents is 1. The van der Waals surface area contributed by atoms with Crippen molar-refractivity contribution in [2.24, 2.45) is 0 Å². The quantitative estimate of drug-likeness (QED) is 0.451. The lowest BCUT2D eigenvalue weighted by molar-refractivity contribution is -0.385. The van der Waals surface area contributed by atoms with Gasteiger partial charge in [0.1, 0.15) is 12.1 Å². The van der Waals surface area contributed by atoms with E-state index in [9.17, 15) is 24.5 Å². The Labute approximate surface area is 155 Å². The first-order valence-corrected chi connectivity index (χ1v) is 9.13. The van der Waals surface area contributed by atoms with E-state index < -0.39 is 29.0 Å². The molecule has 0 spiro atoms. The summed E-state index contributed by atoms with van der Waals surface area (Å²) in [5.41, 5.74) is 0.318. The number of benzene rings is 1. The van der Waals surface area contributed by atoms with E-state index in [1.165, 1.54) is 18.2 Å². The number of hydrogen-bond donors (Lipinski definition) is 0. The second-order valence-corrected chi connectivity index (χ2v) is 7.09. The van der Waals surface area contributed by atoms with Crippen LogP contribution in [0.3, 0.4) is 0 Å². The number of nitro groups is 1. The summed E-state index contributed by atoms with van der Waals surface area (Å²) in [7, 11) is 0. The first-order chi connectivity index (χ1) is 13.0. The van der Waals surface area contributed by atoms with Crippen LogP contribution in [0.5, 0.6) is 0 Å². The van der Waals surface area contributed by atoms with Gasteiger partial charge in [-0.25, -0.2) is 0 Å². The molecule has 0 N–H and O–H groups in total. The fourth-order valence-electron chi connectivity index (χ4n) is 3.79. The second kappa shape index (κ2) is 6.61. The van der Waals surface area contributed by atoms with E-state index in [4.69, 9.17) is 0 Å². The molecule has 1 heterocycles. The fourth-order valence-corrected chi connectivity index (χ4v) is 3.79. The summed E-state index contributed by atoms with van der Waals surface area (Å²) in [6, 6.07) is 4.08. The zero-order chi connectivity index (χ0) is 19.1. The van der Waals surface area contributed by atoms with Gasteiger partial charge in [-0.1, -0.05) is 12.1 Å². The molecule has 0 atom stereocenters. The molecular formula is C19H19N3O5. The van der Waals surface area contributed by atoms with Crippen LogP contribution < -0.4 is 0 Å². The van der Waals surface area contributed by atoms with Gasteiger partial charge in [0.2, 0.25) is 5.91 Å². The molecule has 0 bridgehead atoms. The summed E-state index contributed by atoms with van der Waals surface area (Å²) in [6.45, 7) is -0.392. The maximum atomic E-state index is 12.9. The van der Waals surface area contributed by atoms with Crippen LogP contribution >= 0.6 is 0 Å². The molecule has 0 unspecified atom stereocenters. The predicted octanol–water partition coefficient (Wildman–Crippen LogP) is 2.64. The SMILES string of the molecule is O=C1c2cccc([N+](=O)[O-])c2C(=O)N1CC(=O)N(C1=CCCCC1)C1CC1. The molecule has 1 aromatic carbocycles. The minimum absolute atomic E-state index is 0.0168. The topological polar surface area (TPSA) is 101 Å². The minimum Gasteiger partial charge on any atom is -0.312 e. The van der Waals surface area contributed by atoms with Gasteiger partial charge in [0.15, 0.2) is 0 Å². The summed E-state index contributed by atoms with van der Waals surface area (Å²) in [5.74, 6) is -1.73. The van der Waals surface area contributed by atoms with E-state index in [0.29, 0.717) is 0 Å². The third-order valence-corrected chi connectivity index (χ3v) is 5.22. The smallest absolute Gasteiger partial charge is 0.282 e. The molecular weight excluding hydrogens is 350 g/mol. The van der Waals surface area contributed by atoms with Gasteiger partial charge in [-0.3, -0.25) is 29.4 Å². The lowest BCUT2D eigenvalue weighted by atomic mass is 10.0. The van der Waals surface area contributed by atoms with Crippen LogP contribution in [0.15, 0.2) is 30.0 Å². The molecule has 1 fully saturated rings. The highest BCUT2D eigenvalue weighted by Gasteiger charge is 2.43. The Morgan fingerprint density at radius 3 is 2.63 bits per heavy atom. The van der Waals surface area contributed by atoms with E-state index in [1.807, 2.05) is 0 Å². The van der Waals surface area contributed by atoms with Gasteiger partial charge in [-0.05, 0) is 44.6 Å². The van der Waals surface area contributed by atoms with Gasteiger partial charge in [0.25, 0.3) is 17.5 Å². The van der Waals surface area contributed by atoms with Crippen LogP contribution in [-0.4, -0.2) is 45.0 Å². The number of imide groups is 1.